The molecular weight excluding hydrogens is 394 g/mol. The van der Waals surface area contributed by atoms with Crippen molar-refractivity contribution < 1.29 is 24.0 Å². The number of imide groups is 4. The lowest BCUT2D eigenvalue weighted by Crippen LogP contribution is -2.54. The van der Waals surface area contributed by atoms with Crippen molar-refractivity contribution in [3.8, 4) is 0 Å². The second-order valence-electron chi connectivity index (χ2n) is 7.57. The van der Waals surface area contributed by atoms with Gasteiger partial charge in [0.15, 0.2) is 0 Å². The number of carbonyl (C=O) groups excluding carboxylic acids is 5. The fraction of sp³-hybridized carbons (Fsp3) is 0.450. The first-order chi connectivity index (χ1) is 13.9. The molecule has 5 amide bonds. The molecule has 0 radical (unpaired) electrons. The molecule has 1 aliphatic carbocycles. The Hall–Kier alpha value is -2.68. The number of likely N-dealkylation sites (tertiary alicyclic amines) is 1. The molecule has 152 valence electrons. The Morgan fingerprint density at radius 3 is 2.28 bits per heavy atom. The topological polar surface area (TPSA) is 118 Å². The zero-order chi connectivity index (χ0) is 20.9. The summed E-state index contributed by atoms with van der Waals surface area (Å²) in [6.07, 6.45) is 4.71. The van der Waals surface area contributed by atoms with Crippen molar-refractivity contribution in [2.75, 3.05) is 17.7 Å². The van der Waals surface area contributed by atoms with Crippen molar-refractivity contribution >= 4 is 47.0 Å². The van der Waals surface area contributed by atoms with Crippen molar-refractivity contribution in [1.29, 1.82) is 0 Å². The van der Waals surface area contributed by atoms with Crippen LogP contribution in [0.1, 0.15) is 46.4 Å². The first-order valence-corrected chi connectivity index (χ1v) is 10.9. The molecule has 1 aromatic carbocycles. The molecule has 8 nitrogen and oxygen atoms in total. The zero-order valence-corrected chi connectivity index (χ0v) is 16.7. The molecule has 0 aromatic heterocycles. The summed E-state index contributed by atoms with van der Waals surface area (Å²) in [4.78, 5) is 66.3. The van der Waals surface area contributed by atoms with Gasteiger partial charge in [0.1, 0.15) is 6.04 Å². The smallest absolute Gasteiger partial charge is 0.270 e. The molecule has 4 rings (SSSR count). The third-order valence-electron chi connectivity index (χ3n) is 5.96. The van der Waals surface area contributed by atoms with Gasteiger partial charge in [0.25, 0.3) is 17.7 Å². The van der Waals surface area contributed by atoms with Crippen LogP contribution < -0.4 is 5.73 Å². The standard InChI is InChI=1S/C20H21N3O5S/c1-29-9-14(22-16(24)10-5-2-3-6-11(10)17(22)25)19(27)23-18(26)12-7-4-8-13(21)15(12)20(23)28/h4,7-8,10-11,14H,2-3,5-6,9,21H2,1H3/t10-,11-,14-/m0/s1. The van der Waals surface area contributed by atoms with E-state index in [1.807, 2.05) is 0 Å². The molecule has 3 aliphatic rings. The number of nitrogens with zero attached hydrogens (tertiary/aromatic N) is 2. The van der Waals surface area contributed by atoms with E-state index in [1.165, 1.54) is 30.0 Å². The molecule has 3 atom stereocenters. The van der Waals surface area contributed by atoms with Crippen LogP contribution >= 0.6 is 11.8 Å². The average molecular weight is 415 g/mol. The van der Waals surface area contributed by atoms with Gasteiger partial charge in [-0.2, -0.15) is 11.8 Å². The third kappa shape index (κ3) is 2.87. The van der Waals surface area contributed by atoms with Gasteiger partial charge in [0.2, 0.25) is 11.8 Å². The number of thioether (sulfide) groups is 1. The summed E-state index contributed by atoms with van der Waals surface area (Å²) < 4.78 is 0. The molecule has 29 heavy (non-hydrogen) atoms. The number of amides is 5. The lowest BCUT2D eigenvalue weighted by Gasteiger charge is -2.27. The number of rotatable bonds is 4. The Kier molecular flexibility index (Phi) is 4.94. The molecular formula is C20H21N3O5S. The van der Waals surface area contributed by atoms with Crippen molar-refractivity contribution in [2.24, 2.45) is 11.8 Å². The van der Waals surface area contributed by atoms with E-state index in [4.69, 9.17) is 5.73 Å². The summed E-state index contributed by atoms with van der Waals surface area (Å²) in [7, 11) is 0. The first-order valence-electron chi connectivity index (χ1n) is 9.55. The van der Waals surface area contributed by atoms with Gasteiger partial charge in [-0.05, 0) is 31.2 Å². The molecule has 0 bridgehead atoms. The van der Waals surface area contributed by atoms with E-state index in [-0.39, 0.29) is 34.4 Å². The Morgan fingerprint density at radius 1 is 1.10 bits per heavy atom. The van der Waals surface area contributed by atoms with Gasteiger partial charge in [0.05, 0.1) is 23.0 Å². The summed E-state index contributed by atoms with van der Waals surface area (Å²) in [6, 6.07) is 3.25. The molecule has 2 heterocycles. The number of nitrogens with two attached hydrogens (primary N) is 1. The lowest BCUT2D eigenvalue weighted by molar-refractivity contribution is -0.149. The van der Waals surface area contributed by atoms with Crippen molar-refractivity contribution in [2.45, 2.75) is 31.7 Å². The lowest BCUT2D eigenvalue weighted by atomic mass is 9.81. The molecule has 2 N–H and O–H groups in total. The van der Waals surface area contributed by atoms with E-state index >= 15 is 0 Å². The second kappa shape index (κ2) is 7.29. The molecule has 1 saturated carbocycles. The fourth-order valence-electron chi connectivity index (χ4n) is 4.57. The van der Waals surface area contributed by atoms with E-state index in [0.717, 1.165) is 17.7 Å². The highest BCUT2D eigenvalue weighted by Crippen LogP contribution is 2.40. The molecule has 2 fully saturated rings. The highest BCUT2D eigenvalue weighted by Gasteiger charge is 2.54. The van der Waals surface area contributed by atoms with Crippen LogP contribution in [0.25, 0.3) is 0 Å². The Balaban J connectivity index is 1.68. The van der Waals surface area contributed by atoms with E-state index in [1.54, 1.807) is 6.26 Å². The van der Waals surface area contributed by atoms with Gasteiger partial charge in [0, 0.05) is 11.4 Å². The van der Waals surface area contributed by atoms with E-state index < -0.39 is 35.6 Å². The normalized spacial score (nSPS) is 24.7. The van der Waals surface area contributed by atoms with Crippen LogP contribution in [0.5, 0.6) is 0 Å². The summed E-state index contributed by atoms with van der Waals surface area (Å²) in [5.41, 5.74) is 5.98. The number of hydrogen-bond acceptors (Lipinski definition) is 7. The maximum atomic E-state index is 13.3. The minimum absolute atomic E-state index is 0.0125. The number of anilines is 1. The largest absolute Gasteiger partial charge is 0.398 e. The van der Waals surface area contributed by atoms with Gasteiger partial charge in [-0.1, -0.05) is 18.9 Å². The fourth-order valence-corrected chi connectivity index (χ4v) is 5.18. The van der Waals surface area contributed by atoms with Gasteiger partial charge >= 0.3 is 0 Å². The summed E-state index contributed by atoms with van der Waals surface area (Å²) >= 11 is 1.27. The number of benzene rings is 1. The maximum Gasteiger partial charge on any atom is 0.270 e. The Bertz CT molecular complexity index is 922. The van der Waals surface area contributed by atoms with Gasteiger partial charge in [-0.3, -0.25) is 28.9 Å². The summed E-state index contributed by atoms with van der Waals surface area (Å²) in [6.45, 7) is 0. The van der Waals surface area contributed by atoms with Crippen LogP contribution in [0.15, 0.2) is 18.2 Å². The quantitative estimate of drug-likeness (QED) is 0.582. The zero-order valence-electron chi connectivity index (χ0n) is 15.9. The predicted molar refractivity (Wildman–Crippen MR) is 106 cm³/mol. The van der Waals surface area contributed by atoms with Gasteiger partial charge in [-0.15, -0.1) is 0 Å². The number of nitrogen functional groups attached to an aromatic ring is 1. The average Bonchev–Trinajstić information content (AvgIpc) is 3.12. The van der Waals surface area contributed by atoms with Crippen LogP contribution in [0, 0.1) is 11.8 Å². The molecule has 0 spiro atoms. The van der Waals surface area contributed by atoms with Crippen molar-refractivity contribution in [3.05, 3.63) is 29.3 Å². The molecule has 1 aromatic rings. The van der Waals surface area contributed by atoms with Crippen LogP contribution in [-0.2, 0) is 14.4 Å². The molecule has 9 heteroatoms. The summed E-state index contributed by atoms with van der Waals surface area (Å²) in [5, 5.41) is 0. The second-order valence-corrected chi connectivity index (χ2v) is 8.48. The van der Waals surface area contributed by atoms with E-state index in [2.05, 4.69) is 0 Å². The number of carbonyl (C=O) groups is 5. The van der Waals surface area contributed by atoms with Gasteiger partial charge in [-0.25, -0.2) is 4.90 Å². The Labute approximate surface area is 171 Å². The highest BCUT2D eigenvalue weighted by molar-refractivity contribution is 7.98. The van der Waals surface area contributed by atoms with Crippen LogP contribution in [0.4, 0.5) is 5.69 Å². The highest BCUT2D eigenvalue weighted by atomic mass is 32.2. The predicted octanol–water partition coefficient (Wildman–Crippen LogP) is 1.30. The van der Waals surface area contributed by atoms with Crippen LogP contribution in [0.3, 0.4) is 0 Å². The van der Waals surface area contributed by atoms with E-state index in [0.29, 0.717) is 17.7 Å². The number of hydrogen-bond donors (Lipinski definition) is 1. The number of fused-ring (bicyclic) bond motifs is 2. The van der Waals surface area contributed by atoms with E-state index in [9.17, 15) is 24.0 Å². The molecule has 2 aliphatic heterocycles. The maximum absolute atomic E-state index is 13.3. The molecule has 0 unspecified atom stereocenters. The summed E-state index contributed by atoms with van der Waals surface area (Å²) in [5.74, 6) is -3.90. The minimum Gasteiger partial charge on any atom is -0.398 e. The molecule has 1 saturated heterocycles. The third-order valence-corrected chi connectivity index (χ3v) is 6.61. The minimum atomic E-state index is -1.20. The van der Waals surface area contributed by atoms with Crippen molar-refractivity contribution in [1.82, 2.24) is 9.80 Å². The monoisotopic (exact) mass is 415 g/mol. The van der Waals surface area contributed by atoms with Crippen LogP contribution in [-0.4, -0.2) is 57.4 Å². The Morgan fingerprint density at radius 2 is 1.72 bits per heavy atom. The van der Waals surface area contributed by atoms with Crippen LogP contribution in [0.2, 0.25) is 0 Å². The van der Waals surface area contributed by atoms with Crippen molar-refractivity contribution in [3.63, 3.8) is 0 Å². The van der Waals surface area contributed by atoms with Gasteiger partial charge < -0.3 is 5.73 Å². The first kappa shape index (κ1) is 19.6. The SMILES string of the molecule is CSC[C@@H](C(=O)N1C(=O)c2cccc(N)c2C1=O)N1C(=O)[C@H]2CCCC[C@@H]2C1=O.